The number of Topliss-reactive ketones (excluding diaryl/α,β-unsaturated/α-hetero) is 2. The van der Waals surface area contributed by atoms with Crippen LogP contribution < -0.4 is 9.47 Å². The number of methoxy groups -OCH3 is 2. The lowest BCUT2D eigenvalue weighted by molar-refractivity contribution is 0.100. The highest BCUT2D eigenvalue weighted by atomic mass is 16.5. The maximum absolute atomic E-state index is 11.2. The van der Waals surface area contributed by atoms with Crippen molar-refractivity contribution in [1.82, 2.24) is 0 Å². The summed E-state index contributed by atoms with van der Waals surface area (Å²) in [6.45, 7) is 15.1. The van der Waals surface area contributed by atoms with E-state index in [1.807, 2.05) is 77.9 Å². The monoisotopic (exact) mass is 440 g/mol. The number of carbonyl (C=O) groups excluding carboxylic acids is 2. The van der Waals surface area contributed by atoms with Gasteiger partial charge in [0.05, 0.1) is 14.2 Å². The second-order valence-electron chi connectivity index (χ2n) is 5.77. The quantitative estimate of drug-likeness (QED) is 0.385. The number of ether oxygens (including phenoxy) is 2. The van der Waals surface area contributed by atoms with E-state index >= 15 is 0 Å². The summed E-state index contributed by atoms with van der Waals surface area (Å²) in [6, 6.07) is 18.5. The second kappa shape index (κ2) is 18.6. The molecule has 3 aromatic carbocycles. The summed E-state index contributed by atoms with van der Waals surface area (Å²) >= 11 is 0. The van der Waals surface area contributed by atoms with Crippen molar-refractivity contribution in [3.63, 3.8) is 0 Å². The normalized spacial score (nSPS) is 8.56. The molecule has 0 aromatic heterocycles. The molecule has 0 N–H and O–H groups in total. The molecule has 3 rings (SSSR count). The van der Waals surface area contributed by atoms with Crippen LogP contribution in [0.5, 0.6) is 11.5 Å². The minimum Gasteiger partial charge on any atom is -0.497 e. The van der Waals surface area contributed by atoms with Crippen molar-refractivity contribution in [3.8, 4) is 11.5 Å². The first-order valence-electron chi connectivity index (χ1n) is 11.2. The Morgan fingerprint density at radius 2 is 0.906 bits per heavy atom. The van der Waals surface area contributed by atoms with Gasteiger partial charge in [0.1, 0.15) is 11.5 Å². The molecule has 0 bridgehead atoms. The fourth-order valence-electron chi connectivity index (χ4n) is 2.40. The van der Waals surface area contributed by atoms with Crippen LogP contribution in [0.2, 0.25) is 0 Å². The van der Waals surface area contributed by atoms with Crippen LogP contribution in [0.15, 0.2) is 60.7 Å². The molecule has 4 nitrogen and oxygen atoms in total. The third-order valence-electron chi connectivity index (χ3n) is 3.95. The van der Waals surface area contributed by atoms with Crippen molar-refractivity contribution < 1.29 is 19.1 Å². The van der Waals surface area contributed by atoms with Crippen molar-refractivity contribution in [1.29, 1.82) is 0 Å². The highest BCUT2D eigenvalue weighted by Gasteiger charge is 2.01. The minimum absolute atomic E-state index is 0.0765. The average molecular weight is 441 g/mol. The van der Waals surface area contributed by atoms with E-state index < -0.39 is 0 Å². The Kier molecular flexibility index (Phi) is 18.1. The number of hydrogen-bond donors (Lipinski definition) is 0. The van der Waals surface area contributed by atoms with E-state index in [2.05, 4.69) is 0 Å². The molecule has 0 saturated carbocycles. The molecule has 0 atom stereocenters. The number of rotatable bonds is 4. The van der Waals surface area contributed by atoms with Crippen molar-refractivity contribution >= 4 is 22.3 Å². The summed E-state index contributed by atoms with van der Waals surface area (Å²) in [5.74, 6) is 1.77. The lowest BCUT2D eigenvalue weighted by Gasteiger charge is -2.03. The Hall–Kier alpha value is -3.14. The fraction of sp³-hybridized carbons (Fsp3) is 0.357. The zero-order valence-corrected chi connectivity index (χ0v) is 21.4. The summed E-state index contributed by atoms with van der Waals surface area (Å²) in [7, 11) is 3.24. The first-order valence-corrected chi connectivity index (χ1v) is 11.2. The Labute approximate surface area is 194 Å². The Balaban J connectivity index is 0. The number of carbonyl (C=O) groups is 2. The number of fused-ring (bicyclic) bond motifs is 1. The van der Waals surface area contributed by atoms with Crippen molar-refractivity contribution in [3.05, 3.63) is 71.8 Å². The minimum atomic E-state index is 0.0765. The highest BCUT2D eigenvalue weighted by Crippen LogP contribution is 2.21. The van der Waals surface area contributed by atoms with Crippen LogP contribution in [0.4, 0.5) is 0 Å². The smallest absolute Gasteiger partial charge is 0.159 e. The third kappa shape index (κ3) is 10.8. The molecule has 0 heterocycles. The zero-order chi connectivity index (χ0) is 25.1. The Morgan fingerprint density at radius 1 is 0.531 bits per heavy atom. The lowest BCUT2D eigenvalue weighted by atomic mass is 10.0. The van der Waals surface area contributed by atoms with Gasteiger partial charge in [0.2, 0.25) is 0 Å². The van der Waals surface area contributed by atoms with Gasteiger partial charge >= 0.3 is 0 Å². The molecule has 0 aliphatic heterocycles. The topological polar surface area (TPSA) is 52.6 Å². The summed E-state index contributed by atoms with van der Waals surface area (Å²) in [4.78, 5) is 22.0. The molecule has 0 radical (unpaired) electrons. The molecule has 0 amide bonds. The number of benzene rings is 3. The van der Waals surface area contributed by atoms with E-state index in [1.165, 1.54) is 0 Å². The van der Waals surface area contributed by atoms with E-state index in [9.17, 15) is 9.59 Å². The summed E-state index contributed by atoms with van der Waals surface area (Å²) in [5, 5.41) is 2.14. The van der Waals surface area contributed by atoms with Crippen LogP contribution in [-0.4, -0.2) is 25.8 Å². The van der Waals surface area contributed by atoms with Crippen LogP contribution in [0.3, 0.4) is 0 Å². The van der Waals surface area contributed by atoms with Gasteiger partial charge in [-0.2, -0.15) is 0 Å². The molecule has 32 heavy (non-hydrogen) atoms. The van der Waals surface area contributed by atoms with E-state index in [0.29, 0.717) is 5.56 Å². The van der Waals surface area contributed by atoms with Crippen LogP contribution >= 0.6 is 0 Å². The van der Waals surface area contributed by atoms with Crippen molar-refractivity contribution in [2.45, 2.75) is 55.4 Å². The average Bonchev–Trinajstić information content (AvgIpc) is 2.87. The highest BCUT2D eigenvalue weighted by molar-refractivity contribution is 5.98. The molecule has 0 aliphatic carbocycles. The Bertz CT molecular complexity index is 912. The molecule has 0 spiro atoms. The molecule has 3 aromatic rings. The van der Waals surface area contributed by atoms with Gasteiger partial charge < -0.3 is 9.47 Å². The molecule has 0 saturated heterocycles. The molecule has 0 fully saturated rings. The van der Waals surface area contributed by atoms with Crippen LogP contribution in [0.1, 0.15) is 76.1 Å². The summed E-state index contributed by atoms with van der Waals surface area (Å²) in [6.07, 6.45) is 0. The largest absolute Gasteiger partial charge is 0.497 e. The molecule has 0 unspecified atom stereocenters. The van der Waals surface area contributed by atoms with Crippen molar-refractivity contribution in [2.75, 3.05) is 14.2 Å². The molecule has 0 aliphatic rings. The fourth-order valence-corrected chi connectivity index (χ4v) is 2.40. The third-order valence-corrected chi connectivity index (χ3v) is 3.95. The van der Waals surface area contributed by atoms with Crippen LogP contribution in [0, 0.1) is 0 Å². The first kappa shape index (κ1) is 31.0. The second-order valence-corrected chi connectivity index (χ2v) is 5.77. The Morgan fingerprint density at radius 3 is 1.34 bits per heavy atom. The molecule has 176 valence electrons. The molecular weight excluding hydrogens is 400 g/mol. The van der Waals surface area contributed by atoms with Crippen LogP contribution in [0.25, 0.3) is 10.8 Å². The molecular formula is C28H40O4. The maximum atomic E-state index is 11.2. The van der Waals surface area contributed by atoms with Gasteiger partial charge in [0, 0.05) is 11.1 Å². The van der Waals surface area contributed by atoms with Gasteiger partial charge in [-0.15, -0.1) is 0 Å². The predicted octanol–water partition coefficient (Wildman–Crippen LogP) is 8.03. The van der Waals surface area contributed by atoms with Gasteiger partial charge in [-0.05, 0) is 67.1 Å². The summed E-state index contributed by atoms with van der Waals surface area (Å²) < 4.78 is 10.1. The van der Waals surface area contributed by atoms with Gasteiger partial charge in [-0.1, -0.05) is 59.7 Å². The number of hydrogen-bond acceptors (Lipinski definition) is 4. The van der Waals surface area contributed by atoms with E-state index in [-0.39, 0.29) is 11.6 Å². The van der Waals surface area contributed by atoms with Crippen molar-refractivity contribution in [2.24, 2.45) is 0 Å². The van der Waals surface area contributed by atoms with Crippen LogP contribution in [-0.2, 0) is 0 Å². The SMILES string of the molecule is CC.CC.CC.COc1ccc(C(C)=O)cc1.COc1ccc2cc(C(C)=O)ccc2c1. The lowest BCUT2D eigenvalue weighted by Crippen LogP contribution is -1.91. The maximum Gasteiger partial charge on any atom is 0.159 e. The molecule has 4 heteroatoms. The zero-order valence-electron chi connectivity index (χ0n) is 21.4. The van der Waals surface area contributed by atoms with E-state index in [4.69, 9.17) is 9.47 Å². The number of ketones is 2. The first-order chi connectivity index (χ1) is 15.4. The van der Waals surface area contributed by atoms with E-state index in [0.717, 1.165) is 27.8 Å². The predicted molar refractivity (Wildman–Crippen MR) is 138 cm³/mol. The van der Waals surface area contributed by atoms with Gasteiger partial charge in [0.25, 0.3) is 0 Å². The summed E-state index contributed by atoms with van der Waals surface area (Å²) in [5.41, 5.74) is 1.46. The van der Waals surface area contributed by atoms with Gasteiger partial charge in [-0.25, -0.2) is 0 Å². The van der Waals surface area contributed by atoms with Gasteiger partial charge in [0.15, 0.2) is 11.6 Å². The van der Waals surface area contributed by atoms with Gasteiger partial charge in [-0.3, -0.25) is 9.59 Å². The standard InChI is InChI=1S/C13H12O2.C9H10O2.3C2H6/c1-9(14)10-3-4-12-8-13(15-2)6-5-11(12)7-10;1-7(10)8-3-5-9(11-2)6-4-8;3*1-2/h3-8H,1-2H3;3-6H,1-2H3;3*1-2H3. The van der Waals surface area contributed by atoms with E-state index in [1.54, 1.807) is 52.3 Å².